The van der Waals surface area contributed by atoms with Crippen LogP contribution in [-0.4, -0.2) is 35.3 Å². The normalized spacial score (nSPS) is 18.1. The lowest BCUT2D eigenvalue weighted by atomic mass is 9.97. The molecule has 1 aliphatic rings. The van der Waals surface area contributed by atoms with Gasteiger partial charge in [-0.1, -0.05) is 0 Å². The molecule has 0 atom stereocenters. The van der Waals surface area contributed by atoms with Crippen LogP contribution >= 0.6 is 15.9 Å². The van der Waals surface area contributed by atoms with Crippen LogP contribution in [0, 0.1) is 0 Å². The molecule has 0 radical (unpaired) electrons. The van der Waals surface area contributed by atoms with Crippen molar-refractivity contribution < 1.29 is 9.59 Å². The Morgan fingerprint density at radius 1 is 1.47 bits per heavy atom. The Kier molecular flexibility index (Phi) is 3.54. The van der Waals surface area contributed by atoms with E-state index in [2.05, 4.69) is 21.2 Å². The minimum Gasteiger partial charge on any atom is -0.398 e. The molecule has 0 unspecified atom stereocenters. The SMILES string of the molecule is CC1(C)C(=O)NCCN1C(=O)c1ccc(N)c(Br)c1. The molecule has 2 rings (SSSR count). The molecule has 1 saturated heterocycles. The first-order valence-corrected chi connectivity index (χ1v) is 6.78. The minimum atomic E-state index is -0.844. The number of nitrogens with two attached hydrogens (primary N) is 1. The van der Waals surface area contributed by atoms with E-state index in [-0.39, 0.29) is 11.8 Å². The molecular weight excluding hydrogens is 310 g/mol. The first-order chi connectivity index (χ1) is 8.84. The second kappa shape index (κ2) is 4.85. The Labute approximate surface area is 120 Å². The van der Waals surface area contributed by atoms with Gasteiger partial charge in [-0.3, -0.25) is 9.59 Å². The maximum Gasteiger partial charge on any atom is 0.254 e. The van der Waals surface area contributed by atoms with E-state index in [1.54, 1.807) is 36.9 Å². The van der Waals surface area contributed by atoms with Crippen molar-refractivity contribution >= 4 is 33.4 Å². The number of carbonyl (C=O) groups is 2. The highest BCUT2D eigenvalue weighted by atomic mass is 79.9. The predicted octanol–water partition coefficient (Wildman–Crippen LogP) is 1.38. The topological polar surface area (TPSA) is 75.4 Å². The smallest absolute Gasteiger partial charge is 0.254 e. The first-order valence-electron chi connectivity index (χ1n) is 5.99. The molecule has 0 aliphatic carbocycles. The molecule has 5 nitrogen and oxygen atoms in total. The highest BCUT2D eigenvalue weighted by Gasteiger charge is 2.40. The number of halogens is 1. The van der Waals surface area contributed by atoms with Crippen molar-refractivity contribution in [3.05, 3.63) is 28.2 Å². The Morgan fingerprint density at radius 3 is 2.79 bits per heavy atom. The second-order valence-corrected chi connectivity index (χ2v) is 5.86. The summed E-state index contributed by atoms with van der Waals surface area (Å²) < 4.78 is 0.678. The summed E-state index contributed by atoms with van der Waals surface area (Å²) in [4.78, 5) is 25.9. The zero-order chi connectivity index (χ0) is 14.2. The number of hydrogen-bond donors (Lipinski definition) is 2. The lowest BCUT2D eigenvalue weighted by Gasteiger charge is -2.41. The van der Waals surface area contributed by atoms with Gasteiger partial charge in [0.25, 0.3) is 5.91 Å². The summed E-state index contributed by atoms with van der Waals surface area (Å²) >= 11 is 3.30. The Bertz CT molecular complexity index is 543. The van der Waals surface area contributed by atoms with Crippen molar-refractivity contribution in [3.8, 4) is 0 Å². The fourth-order valence-corrected chi connectivity index (χ4v) is 2.45. The zero-order valence-electron chi connectivity index (χ0n) is 10.9. The summed E-state index contributed by atoms with van der Waals surface area (Å²) in [5.74, 6) is -0.304. The number of piperazine rings is 1. The number of hydrogen-bond acceptors (Lipinski definition) is 3. The van der Waals surface area contributed by atoms with Gasteiger partial charge in [0.05, 0.1) is 0 Å². The van der Waals surface area contributed by atoms with Gasteiger partial charge >= 0.3 is 0 Å². The summed E-state index contributed by atoms with van der Waals surface area (Å²) in [7, 11) is 0. The fourth-order valence-electron chi connectivity index (χ4n) is 2.07. The highest BCUT2D eigenvalue weighted by Crippen LogP contribution is 2.24. The maximum atomic E-state index is 12.5. The number of nitrogen functional groups attached to an aromatic ring is 1. The van der Waals surface area contributed by atoms with E-state index in [0.29, 0.717) is 28.8 Å². The van der Waals surface area contributed by atoms with Gasteiger partial charge in [-0.25, -0.2) is 0 Å². The number of nitrogens with one attached hydrogen (secondary N) is 1. The van der Waals surface area contributed by atoms with E-state index in [9.17, 15) is 9.59 Å². The van der Waals surface area contributed by atoms with Crippen LogP contribution in [-0.2, 0) is 4.79 Å². The van der Waals surface area contributed by atoms with E-state index in [1.165, 1.54) is 0 Å². The van der Waals surface area contributed by atoms with Crippen LogP contribution in [0.25, 0.3) is 0 Å². The Balaban J connectivity index is 2.32. The van der Waals surface area contributed by atoms with E-state index < -0.39 is 5.54 Å². The van der Waals surface area contributed by atoms with Gasteiger partial charge in [0, 0.05) is 28.8 Å². The number of anilines is 1. The van der Waals surface area contributed by atoms with E-state index in [1.807, 2.05) is 0 Å². The molecule has 3 N–H and O–H groups in total. The van der Waals surface area contributed by atoms with Crippen LogP contribution in [0.5, 0.6) is 0 Å². The highest BCUT2D eigenvalue weighted by molar-refractivity contribution is 9.10. The molecule has 1 aliphatic heterocycles. The standard InChI is InChI=1S/C13H16BrN3O2/c1-13(2)12(19)16-5-6-17(13)11(18)8-3-4-10(15)9(14)7-8/h3-4,7H,5-6,15H2,1-2H3,(H,16,19). The average molecular weight is 326 g/mol. The number of nitrogens with zero attached hydrogens (tertiary/aromatic N) is 1. The first kappa shape index (κ1) is 13.9. The van der Waals surface area contributed by atoms with Crippen LogP contribution in [0.4, 0.5) is 5.69 Å². The van der Waals surface area contributed by atoms with Gasteiger partial charge in [-0.05, 0) is 48.0 Å². The van der Waals surface area contributed by atoms with Gasteiger partial charge in [-0.15, -0.1) is 0 Å². The van der Waals surface area contributed by atoms with Crippen molar-refractivity contribution in [2.75, 3.05) is 18.8 Å². The molecule has 102 valence electrons. The molecule has 1 aromatic carbocycles. The largest absolute Gasteiger partial charge is 0.398 e. The summed E-state index contributed by atoms with van der Waals surface area (Å²) in [5, 5.41) is 2.77. The number of amides is 2. The monoisotopic (exact) mass is 325 g/mol. The number of rotatable bonds is 1. The molecule has 0 bridgehead atoms. The van der Waals surface area contributed by atoms with Crippen LogP contribution in [0.3, 0.4) is 0 Å². The van der Waals surface area contributed by atoms with Gasteiger partial charge in [-0.2, -0.15) is 0 Å². The van der Waals surface area contributed by atoms with Gasteiger partial charge in [0.15, 0.2) is 0 Å². The van der Waals surface area contributed by atoms with Crippen molar-refractivity contribution in [1.82, 2.24) is 10.2 Å². The summed E-state index contributed by atoms with van der Waals surface area (Å²) in [6.45, 7) is 4.46. The average Bonchev–Trinajstić information content (AvgIpc) is 2.35. The van der Waals surface area contributed by atoms with Gasteiger partial charge in [0.1, 0.15) is 5.54 Å². The molecule has 19 heavy (non-hydrogen) atoms. The second-order valence-electron chi connectivity index (χ2n) is 5.01. The van der Waals surface area contributed by atoms with Crippen LogP contribution in [0.2, 0.25) is 0 Å². The van der Waals surface area contributed by atoms with Gasteiger partial charge < -0.3 is 16.0 Å². The molecule has 6 heteroatoms. The van der Waals surface area contributed by atoms with Crippen LogP contribution in [0.1, 0.15) is 24.2 Å². The quantitative estimate of drug-likeness (QED) is 0.766. The van der Waals surface area contributed by atoms with E-state index in [4.69, 9.17) is 5.73 Å². The summed E-state index contributed by atoms with van der Waals surface area (Å²) in [5.41, 5.74) is 5.96. The van der Waals surface area contributed by atoms with Crippen molar-refractivity contribution in [2.45, 2.75) is 19.4 Å². The Morgan fingerprint density at radius 2 is 2.16 bits per heavy atom. The minimum absolute atomic E-state index is 0.137. The molecule has 0 aromatic heterocycles. The third-order valence-corrected chi connectivity index (χ3v) is 4.03. The van der Waals surface area contributed by atoms with Crippen molar-refractivity contribution in [3.63, 3.8) is 0 Å². The van der Waals surface area contributed by atoms with Crippen molar-refractivity contribution in [2.24, 2.45) is 0 Å². The third kappa shape index (κ3) is 2.45. The van der Waals surface area contributed by atoms with Crippen molar-refractivity contribution in [1.29, 1.82) is 0 Å². The molecule has 1 heterocycles. The predicted molar refractivity (Wildman–Crippen MR) is 76.7 cm³/mol. The van der Waals surface area contributed by atoms with Crippen LogP contribution < -0.4 is 11.1 Å². The van der Waals surface area contributed by atoms with E-state index >= 15 is 0 Å². The number of benzene rings is 1. The summed E-state index contributed by atoms with van der Waals surface area (Å²) in [6.07, 6.45) is 0. The van der Waals surface area contributed by atoms with E-state index in [0.717, 1.165) is 0 Å². The lowest BCUT2D eigenvalue weighted by molar-refractivity contribution is -0.133. The fraction of sp³-hybridized carbons (Fsp3) is 0.385. The molecule has 0 saturated carbocycles. The Hall–Kier alpha value is -1.56. The molecule has 1 aromatic rings. The molecular formula is C13H16BrN3O2. The van der Waals surface area contributed by atoms with Crippen LogP contribution in [0.15, 0.2) is 22.7 Å². The molecule has 1 fully saturated rings. The summed E-state index contributed by atoms with van der Waals surface area (Å²) in [6, 6.07) is 5.03. The lowest BCUT2D eigenvalue weighted by Crippen LogP contribution is -2.63. The maximum absolute atomic E-state index is 12.5. The zero-order valence-corrected chi connectivity index (χ0v) is 12.5. The number of carbonyl (C=O) groups excluding carboxylic acids is 2. The van der Waals surface area contributed by atoms with Gasteiger partial charge in [0.2, 0.25) is 5.91 Å². The molecule has 0 spiro atoms. The third-order valence-electron chi connectivity index (χ3n) is 3.34. The molecule has 2 amide bonds.